The molecule has 0 fully saturated rings. The molecule has 0 spiro atoms. The zero-order valence-corrected chi connectivity index (χ0v) is 62.4. The predicted octanol–water partition coefficient (Wildman–Crippen LogP) is 25.1. The van der Waals surface area contributed by atoms with Crippen LogP contribution in [-0.4, -0.2) is 15.8 Å². The molecular formula is C98H91BN4. The summed E-state index contributed by atoms with van der Waals surface area (Å²) in [7, 11) is 0. The van der Waals surface area contributed by atoms with E-state index in [2.05, 4.69) is 402 Å². The number of rotatable bonds is 8. The zero-order valence-electron chi connectivity index (χ0n) is 62.4. The lowest BCUT2D eigenvalue weighted by Gasteiger charge is -2.46. The number of hydrogen-bond acceptors (Lipinski definition) is 2. The lowest BCUT2D eigenvalue weighted by molar-refractivity contribution is 0.569. The maximum absolute atomic E-state index is 2.74. The summed E-state index contributed by atoms with van der Waals surface area (Å²) in [5.74, 6) is 0. The lowest BCUT2D eigenvalue weighted by atomic mass is 9.33. The van der Waals surface area contributed by atoms with Crippen molar-refractivity contribution < 1.29 is 0 Å². The van der Waals surface area contributed by atoms with E-state index in [1.54, 1.807) is 0 Å². The second-order valence-corrected chi connectivity index (χ2v) is 34.3. The highest BCUT2D eigenvalue weighted by Crippen LogP contribution is 2.54. The molecule has 5 heteroatoms. The van der Waals surface area contributed by atoms with Gasteiger partial charge in [0.05, 0.1) is 33.4 Å². The van der Waals surface area contributed by atoms with Crippen molar-refractivity contribution >= 4 is 101 Å². The third kappa shape index (κ3) is 11.0. The topological polar surface area (TPSA) is 16.3 Å². The smallest absolute Gasteiger partial charge is 0.252 e. The first kappa shape index (κ1) is 65.4. The van der Waals surface area contributed by atoms with Crippen molar-refractivity contribution in [1.29, 1.82) is 0 Å². The molecule has 0 saturated carbocycles. The molecule has 0 radical (unpaired) electrons. The molecule has 506 valence electrons. The van der Waals surface area contributed by atoms with Gasteiger partial charge in [-0.1, -0.05) is 292 Å². The molecule has 15 aromatic rings. The number of para-hydroxylation sites is 3. The van der Waals surface area contributed by atoms with Gasteiger partial charge in [0.25, 0.3) is 6.71 Å². The highest BCUT2D eigenvalue weighted by molar-refractivity contribution is 7.00. The van der Waals surface area contributed by atoms with Gasteiger partial charge in [-0.2, -0.15) is 0 Å². The van der Waals surface area contributed by atoms with Gasteiger partial charge < -0.3 is 18.9 Å². The summed E-state index contributed by atoms with van der Waals surface area (Å²) in [4.78, 5) is 5.43. The summed E-state index contributed by atoms with van der Waals surface area (Å²) in [6.07, 6.45) is 0. The lowest BCUT2D eigenvalue weighted by Crippen LogP contribution is -2.61. The third-order valence-electron chi connectivity index (χ3n) is 22.2. The summed E-state index contributed by atoms with van der Waals surface area (Å²) < 4.78 is 4.98. The fourth-order valence-corrected chi connectivity index (χ4v) is 16.5. The van der Waals surface area contributed by atoms with Crippen LogP contribution in [0.25, 0.3) is 99.5 Å². The number of fused-ring (bicyclic) bond motifs is 10. The highest BCUT2D eigenvalue weighted by atomic mass is 15.2. The first-order chi connectivity index (χ1) is 49.3. The Morgan fingerprint density at radius 1 is 0.233 bits per heavy atom. The summed E-state index contributed by atoms with van der Waals surface area (Å²) in [6, 6.07) is 107. The largest absolute Gasteiger partial charge is 0.311 e. The first-order valence-electron chi connectivity index (χ1n) is 37.0. The van der Waals surface area contributed by atoms with E-state index in [0.717, 1.165) is 39.5 Å². The van der Waals surface area contributed by atoms with E-state index >= 15 is 0 Å². The van der Waals surface area contributed by atoms with Gasteiger partial charge in [0.1, 0.15) is 0 Å². The molecule has 0 unspecified atom stereocenters. The van der Waals surface area contributed by atoms with Gasteiger partial charge in [-0.3, -0.25) is 0 Å². The van der Waals surface area contributed by atoms with Crippen LogP contribution in [-0.2, 0) is 27.1 Å². The fourth-order valence-electron chi connectivity index (χ4n) is 16.5. The summed E-state index contributed by atoms with van der Waals surface area (Å²) in [5.41, 5.74) is 33.0. The molecule has 0 saturated heterocycles. The summed E-state index contributed by atoms with van der Waals surface area (Å²) >= 11 is 0. The van der Waals surface area contributed by atoms with Gasteiger partial charge in [0.15, 0.2) is 0 Å². The monoisotopic (exact) mass is 1330 g/mol. The Bertz CT molecular complexity index is 5750. The maximum atomic E-state index is 2.74. The molecule has 13 aromatic carbocycles. The Morgan fingerprint density at radius 2 is 0.621 bits per heavy atom. The molecule has 0 bridgehead atoms. The molecule has 0 amide bonds. The van der Waals surface area contributed by atoms with Crippen molar-refractivity contribution in [2.24, 2.45) is 0 Å². The normalized spacial score (nSPS) is 13.3. The van der Waals surface area contributed by atoms with Crippen molar-refractivity contribution in [3.05, 3.63) is 307 Å². The van der Waals surface area contributed by atoms with Gasteiger partial charge >= 0.3 is 0 Å². The molecule has 103 heavy (non-hydrogen) atoms. The van der Waals surface area contributed by atoms with E-state index in [0.29, 0.717) is 0 Å². The third-order valence-corrected chi connectivity index (χ3v) is 22.2. The van der Waals surface area contributed by atoms with Crippen LogP contribution in [0.15, 0.2) is 279 Å². The van der Waals surface area contributed by atoms with Crippen molar-refractivity contribution in [2.45, 2.75) is 131 Å². The van der Waals surface area contributed by atoms with E-state index in [-0.39, 0.29) is 33.8 Å². The molecule has 0 atom stereocenters. The van der Waals surface area contributed by atoms with Crippen LogP contribution in [0.5, 0.6) is 0 Å². The predicted molar refractivity (Wildman–Crippen MR) is 444 cm³/mol. The number of aromatic nitrogens is 2. The number of anilines is 6. The minimum absolute atomic E-state index is 0.0848. The van der Waals surface area contributed by atoms with Crippen LogP contribution in [0.3, 0.4) is 0 Å². The van der Waals surface area contributed by atoms with E-state index < -0.39 is 0 Å². The Hall–Kier alpha value is -10.9. The van der Waals surface area contributed by atoms with E-state index in [1.807, 2.05) is 0 Å². The Labute approximate surface area is 609 Å². The number of hydrogen-bond donors (Lipinski definition) is 0. The Kier molecular flexibility index (Phi) is 15.2. The molecule has 0 N–H and O–H groups in total. The minimum atomic E-state index is -0.292. The molecule has 0 aliphatic carbocycles. The maximum Gasteiger partial charge on any atom is 0.252 e. The summed E-state index contributed by atoms with van der Waals surface area (Å²) in [6.45, 7) is 35.2. The minimum Gasteiger partial charge on any atom is -0.311 e. The van der Waals surface area contributed by atoms with Crippen LogP contribution in [0.2, 0.25) is 0 Å². The Morgan fingerprint density at radius 3 is 1.13 bits per heavy atom. The molecular weight excluding hydrogens is 1240 g/mol. The zero-order chi connectivity index (χ0) is 71.4. The highest BCUT2D eigenvalue weighted by Gasteiger charge is 2.46. The molecule has 17 rings (SSSR count). The SMILES string of the molecule is CC(C)(C)c1cc(-c2ccc3c(c2)N(c2c(-c4ccccc4)cc(C(C)(C)C)cc2-c2ccccc2)c2cc(C(C)(C)C)cc4c2B3c2ccc(-n3c5ccccc5c5cc(-n6c7ccccc7c7ccccc76)ccc53)cc2N4c2ccc(C(C)(C)C)cc2-c2ccccc2)cc(C(C)(C)C)c1. The second-order valence-electron chi connectivity index (χ2n) is 34.3. The molecule has 4 heterocycles. The fraction of sp³-hybridized carbons (Fsp3) is 0.204. The van der Waals surface area contributed by atoms with Crippen LogP contribution in [0.1, 0.15) is 132 Å². The van der Waals surface area contributed by atoms with Gasteiger partial charge in [0, 0.05) is 72.4 Å². The van der Waals surface area contributed by atoms with Crippen LogP contribution >= 0.6 is 0 Å². The van der Waals surface area contributed by atoms with Crippen molar-refractivity contribution in [3.63, 3.8) is 0 Å². The number of benzene rings is 13. The molecule has 2 aliphatic rings. The summed E-state index contributed by atoms with van der Waals surface area (Å²) in [5, 5.41) is 4.93. The van der Waals surface area contributed by atoms with Crippen LogP contribution in [0, 0.1) is 0 Å². The van der Waals surface area contributed by atoms with Gasteiger partial charge in [-0.05, 0) is 190 Å². The van der Waals surface area contributed by atoms with Crippen LogP contribution in [0.4, 0.5) is 34.1 Å². The second kappa shape index (κ2) is 23.9. The molecule has 2 aliphatic heterocycles. The average molecular weight is 1340 g/mol. The first-order valence-corrected chi connectivity index (χ1v) is 37.0. The van der Waals surface area contributed by atoms with Crippen LogP contribution < -0.4 is 26.2 Å². The van der Waals surface area contributed by atoms with Gasteiger partial charge in [-0.25, -0.2) is 0 Å². The number of nitrogens with zero attached hydrogens (tertiary/aromatic N) is 4. The van der Waals surface area contributed by atoms with E-state index in [4.69, 9.17) is 0 Å². The molecule has 4 nitrogen and oxygen atoms in total. The Balaban J connectivity index is 1.00. The average Bonchev–Trinajstić information content (AvgIpc) is 0.937. The van der Waals surface area contributed by atoms with E-state index in [1.165, 1.54) is 138 Å². The van der Waals surface area contributed by atoms with E-state index in [9.17, 15) is 0 Å². The van der Waals surface area contributed by atoms with Gasteiger partial charge in [-0.15, -0.1) is 0 Å². The molecule has 2 aromatic heterocycles. The van der Waals surface area contributed by atoms with Crippen molar-refractivity contribution in [3.8, 4) is 55.9 Å². The van der Waals surface area contributed by atoms with Crippen molar-refractivity contribution in [2.75, 3.05) is 9.80 Å². The standard InChI is InChI=1S/C98H91BN4/c1-94(2,3)67-44-49-86(77(55-67)62-31-19-16-20-32-62)102-89-61-73(101-85-42-30-27-39-76(85)80-60-72(46-50-87(80)101)100-83-40-28-25-37-74(83)75-38-26-29-41-84(75)100)45-48-82(89)99-81-47-43-65(66-51-68(95(4,5)6)54-69(52-66)96(7,8)9)53-88(81)103(91-59-71(98(13,14)15)58-90(102)92(91)99)93-78(63-33-21-17-22-34-63)56-70(97(10,11)12)57-79(93)64-35-23-18-24-36-64/h16-61H,1-15H3. The van der Waals surface area contributed by atoms with Crippen molar-refractivity contribution in [1.82, 2.24) is 9.13 Å². The van der Waals surface area contributed by atoms with Gasteiger partial charge in [0.2, 0.25) is 0 Å². The quantitative estimate of drug-likeness (QED) is 0.141.